The summed E-state index contributed by atoms with van der Waals surface area (Å²) in [5.41, 5.74) is 5.59. The zero-order valence-electron chi connectivity index (χ0n) is 17.6. The van der Waals surface area contributed by atoms with Crippen molar-refractivity contribution in [2.45, 2.75) is 19.0 Å². The Balaban J connectivity index is 1.61. The van der Waals surface area contributed by atoms with Crippen LogP contribution >= 0.6 is 23.8 Å². The van der Waals surface area contributed by atoms with Crippen LogP contribution in [-0.2, 0) is 6.54 Å². The molecule has 158 valence electrons. The first-order valence-electron chi connectivity index (χ1n) is 10.2. The van der Waals surface area contributed by atoms with E-state index in [-0.39, 0.29) is 6.04 Å². The highest BCUT2D eigenvalue weighted by atomic mass is 35.5. The molecule has 1 aliphatic heterocycles. The number of benzene rings is 3. The van der Waals surface area contributed by atoms with E-state index < -0.39 is 0 Å². The second kappa shape index (κ2) is 9.50. The largest absolute Gasteiger partial charge is 0.378 e. The zero-order chi connectivity index (χ0) is 21.8. The lowest BCUT2D eigenvalue weighted by Gasteiger charge is -2.25. The average Bonchev–Trinajstić information content (AvgIpc) is 3.24. The van der Waals surface area contributed by atoms with Crippen LogP contribution in [0, 0.1) is 0 Å². The van der Waals surface area contributed by atoms with Gasteiger partial charge in [-0.25, -0.2) is 5.01 Å². The van der Waals surface area contributed by atoms with Crippen molar-refractivity contribution in [1.82, 2.24) is 10.3 Å². The number of halogens is 1. The highest BCUT2D eigenvalue weighted by Crippen LogP contribution is 2.34. The second-order valence-corrected chi connectivity index (χ2v) is 8.57. The Morgan fingerprint density at radius 2 is 1.81 bits per heavy atom. The molecule has 4 nitrogen and oxygen atoms in total. The van der Waals surface area contributed by atoms with Crippen LogP contribution in [0.2, 0.25) is 5.02 Å². The molecule has 31 heavy (non-hydrogen) atoms. The van der Waals surface area contributed by atoms with Crippen LogP contribution in [0.4, 0.5) is 5.69 Å². The molecule has 0 aromatic heterocycles. The predicted molar refractivity (Wildman–Crippen MR) is 134 cm³/mol. The van der Waals surface area contributed by atoms with Gasteiger partial charge in [0.2, 0.25) is 0 Å². The van der Waals surface area contributed by atoms with Gasteiger partial charge in [0.25, 0.3) is 0 Å². The number of hydrogen-bond donors (Lipinski definition) is 1. The lowest BCUT2D eigenvalue weighted by molar-refractivity contribution is 0.364. The minimum atomic E-state index is 0.0195. The average molecular weight is 449 g/mol. The summed E-state index contributed by atoms with van der Waals surface area (Å²) in [4.78, 5) is 2.10. The number of thiocarbonyl (C=S) groups is 1. The monoisotopic (exact) mass is 448 g/mol. The molecule has 1 unspecified atom stereocenters. The van der Waals surface area contributed by atoms with Crippen LogP contribution < -0.4 is 10.2 Å². The maximum Gasteiger partial charge on any atom is 0.190 e. The zero-order valence-corrected chi connectivity index (χ0v) is 19.2. The van der Waals surface area contributed by atoms with Gasteiger partial charge in [-0.1, -0.05) is 66.2 Å². The maximum absolute atomic E-state index is 6.12. The molecule has 0 radical (unpaired) electrons. The fourth-order valence-electron chi connectivity index (χ4n) is 3.63. The minimum absolute atomic E-state index is 0.0195. The first kappa shape index (κ1) is 21.3. The van der Waals surface area contributed by atoms with Crippen LogP contribution in [0.3, 0.4) is 0 Å². The Morgan fingerprint density at radius 1 is 1.06 bits per heavy atom. The first-order valence-corrected chi connectivity index (χ1v) is 11.0. The summed E-state index contributed by atoms with van der Waals surface area (Å²) < 4.78 is 0. The standard InChI is InChI=1S/C25H25ClN4S/c1-29(2)22-10-6-9-20(15-22)23-16-24(19-11-13-21(26)14-12-19)30(28-23)25(31)27-17-18-7-4-3-5-8-18/h3-15,24H,16-17H2,1-2H3,(H,27,31). The number of anilines is 1. The van der Waals surface area contributed by atoms with E-state index in [1.54, 1.807) is 0 Å². The fraction of sp³-hybridized carbons (Fsp3) is 0.200. The van der Waals surface area contributed by atoms with Crippen LogP contribution in [-0.4, -0.2) is 29.9 Å². The molecular formula is C25H25ClN4S. The Kier molecular flexibility index (Phi) is 6.54. The topological polar surface area (TPSA) is 30.9 Å². The van der Waals surface area contributed by atoms with Crippen molar-refractivity contribution in [3.05, 3.63) is 101 Å². The number of nitrogens with one attached hydrogen (secondary N) is 1. The fourth-order valence-corrected chi connectivity index (χ4v) is 4.00. The molecule has 1 heterocycles. The third kappa shape index (κ3) is 5.06. The third-order valence-corrected chi connectivity index (χ3v) is 5.94. The third-order valence-electron chi connectivity index (χ3n) is 5.36. The van der Waals surface area contributed by atoms with E-state index in [4.69, 9.17) is 28.9 Å². The summed E-state index contributed by atoms with van der Waals surface area (Å²) >= 11 is 11.9. The quantitative estimate of drug-likeness (QED) is 0.512. The van der Waals surface area contributed by atoms with Gasteiger partial charge in [-0.2, -0.15) is 5.10 Å². The molecular weight excluding hydrogens is 424 g/mol. The predicted octanol–water partition coefficient (Wildman–Crippen LogP) is 5.63. The molecule has 1 atom stereocenters. The van der Waals surface area contributed by atoms with Gasteiger partial charge in [0.15, 0.2) is 5.11 Å². The van der Waals surface area contributed by atoms with Crippen LogP contribution in [0.25, 0.3) is 0 Å². The number of hydrazone groups is 1. The molecule has 1 aliphatic rings. The molecule has 0 bridgehead atoms. The number of rotatable bonds is 5. The van der Waals surface area contributed by atoms with E-state index in [9.17, 15) is 0 Å². The SMILES string of the molecule is CN(C)c1cccc(C2=NN(C(=S)NCc3ccccc3)C(c3ccc(Cl)cc3)C2)c1. The van der Waals surface area contributed by atoms with Gasteiger partial charge in [0.1, 0.15) is 0 Å². The Bertz CT molecular complexity index is 1080. The molecule has 1 N–H and O–H groups in total. The molecule has 0 saturated carbocycles. The van der Waals surface area contributed by atoms with Gasteiger partial charge < -0.3 is 10.2 Å². The second-order valence-electron chi connectivity index (χ2n) is 7.75. The van der Waals surface area contributed by atoms with Gasteiger partial charge in [-0.3, -0.25) is 0 Å². The Hall–Kier alpha value is -2.89. The van der Waals surface area contributed by atoms with Crippen LogP contribution in [0.5, 0.6) is 0 Å². The minimum Gasteiger partial charge on any atom is -0.378 e. The number of nitrogens with zero attached hydrogens (tertiary/aromatic N) is 3. The highest BCUT2D eigenvalue weighted by molar-refractivity contribution is 7.80. The molecule has 0 fully saturated rings. The molecule has 3 aromatic rings. The number of hydrogen-bond acceptors (Lipinski definition) is 3. The van der Waals surface area contributed by atoms with Gasteiger partial charge in [-0.05, 0) is 53.2 Å². The summed E-state index contributed by atoms with van der Waals surface area (Å²) in [5.74, 6) is 0. The molecule has 0 saturated heterocycles. The molecule has 6 heteroatoms. The smallest absolute Gasteiger partial charge is 0.190 e. The molecule has 4 rings (SSSR count). The van der Waals surface area contributed by atoms with Crippen LogP contribution in [0.1, 0.15) is 29.2 Å². The van der Waals surface area contributed by atoms with Crippen molar-refractivity contribution < 1.29 is 0 Å². The van der Waals surface area contributed by atoms with Gasteiger partial charge in [0, 0.05) is 37.8 Å². The molecule has 0 spiro atoms. The molecule has 3 aromatic carbocycles. The summed E-state index contributed by atoms with van der Waals surface area (Å²) in [6.45, 7) is 0.657. The van der Waals surface area contributed by atoms with Crippen molar-refractivity contribution in [1.29, 1.82) is 0 Å². The highest BCUT2D eigenvalue weighted by Gasteiger charge is 2.31. The van der Waals surface area contributed by atoms with Gasteiger partial charge >= 0.3 is 0 Å². The van der Waals surface area contributed by atoms with E-state index in [1.807, 2.05) is 49.4 Å². The van der Waals surface area contributed by atoms with Gasteiger partial charge in [-0.15, -0.1) is 0 Å². The van der Waals surface area contributed by atoms with Crippen molar-refractivity contribution in [2.24, 2.45) is 5.10 Å². The van der Waals surface area contributed by atoms with Crippen molar-refractivity contribution >= 4 is 40.3 Å². The summed E-state index contributed by atoms with van der Waals surface area (Å²) in [6, 6.07) is 26.6. The maximum atomic E-state index is 6.12. The van der Waals surface area contributed by atoms with E-state index in [2.05, 4.69) is 58.7 Å². The normalized spacial score (nSPS) is 15.5. The molecule has 0 amide bonds. The Labute approximate surface area is 194 Å². The van der Waals surface area contributed by atoms with E-state index in [0.717, 1.165) is 34.0 Å². The van der Waals surface area contributed by atoms with Crippen molar-refractivity contribution in [3.8, 4) is 0 Å². The first-order chi connectivity index (χ1) is 15.0. The summed E-state index contributed by atoms with van der Waals surface area (Å²) in [5, 5.41) is 11.6. The lowest BCUT2D eigenvalue weighted by atomic mass is 9.98. The summed E-state index contributed by atoms with van der Waals surface area (Å²) in [7, 11) is 4.09. The van der Waals surface area contributed by atoms with E-state index in [1.165, 1.54) is 5.56 Å². The summed E-state index contributed by atoms with van der Waals surface area (Å²) in [6.07, 6.45) is 0.770. The molecule has 0 aliphatic carbocycles. The van der Waals surface area contributed by atoms with E-state index >= 15 is 0 Å². The van der Waals surface area contributed by atoms with Crippen LogP contribution in [0.15, 0.2) is 84.0 Å². The Morgan fingerprint density at radius 3 is 2.52 bits per heavy atom. The van der Waals surface area contributed by atoms with Crippen molar-refractivity contribution in [3.63, 3.8) is 0 Å². The van der Waals surface area contributed by atoms with Gasteiger partial charge in [0.05, 0.1) is 11.8 Å². The van der Waals surface area contributed by atoms with E-state index in [0.29, 0.717) is 11.7 Å². The van der Waals surface area contributed by atoms with Crippen molar-refractivity contribution in [2.75, 3.05) is 19.0 Å². The lowest BCUT2D eigenvalue weighted by Crippen LogP contribution is -2.36.